The Kier molecular flexibility index (Phi) is 5.17. The summed E-state index contributed by atoms with van der Waals surface area (Å²) in [5.74, 6) is 0.862. The highest BCUT2D eigenvalue weighted by molar-refractivity contribution is 5.81. The third-order valence-electron chi connectivity index (χ3n) is 2.55. The molecule has 0 aromatic heterocycles. The average molecular weight is 199 g/mol. The third-order valence-corrected chi connectivity index (χ3v) is 2.55. The van der Waals surface area contributed by atoms with Gasteiger partial charge in [-0.25, -0.2) is 0 Å². The van der Waals surface area contributed by atoms with Crippen LogP contribution in [0.3, 0.4) is 0 Å². The molecule has 2 nitrogen and oxygen atoms in total. The van der Waals surface area contributed by atoms with Crippen LogP contribution >= 0.6 is 0 Å². The summed E-state index contributed by atoms with van der Waals surface area (Å²) >= 11 is 0. The van der Waals surface area contributed by atoms with Gasteiger partial charge in [0.25, 0.3) is 0 Å². The minimum atomic E-state index is -0.208. The number of nitrogens with zero attached hydrogens (tertiary/aromatic N) is 1. The lowest BCUT2D eigenvalue weighted by Gasteiger charge is -2.31. The van der Waals surface area contributed by atoms with Crippen molar-refractivity contribution in [2.45, 2.75) is 48.0 Å². The average Bonchev–Trinajstić information content (AvgIpc) is 2.04. The highest BCUT2D eigenvalue weighted by atomic mass is 16.2. The molecule has 14 heavy (non-hydrogen) atoms. The van der Waals surface area contributed by atoms with Gasteiger partial charge in [-0.15, -0.1) is 0 Å². The summed E-state index contributed by atoms with van der Waals surface area (Å²) in [6, 6.07) is 0. The molecule has 0 aliphatic rings. The van der Waals surface area contributed by atoms with Crippen molar-refractivity contribution in [2.75, 3.05) is 13.1 Å². The van der Waals surface area contributed by atoms with Gasteiger partial charge >= 0.3 is 0 Å². The van der Waals surface area contributed by atoms with E-state index in [1.165, 1.54) is 0 Å². The maximum atomic E-state index is 12.1. The molecule has 0 unspecified atom stereocenters. The van der Waals surface area contributed by atoms with Crippen molar-refractivity contribution in [1.29, 1.82) is 0 Å². The van der Waals surface area contributed by atoms with Crippen molar-refractivity contribution in [3.63, 3.8) is 0 Å². The number of amides is 1. The molecule has 1 amide bonds. The lowest BCUT2D eigenvalue weighted by Crippen LogP contribution is -2.41. The zero-order chi connectivity index (χ0) is 11.4. The summed E-state index contributed by atoms with van der Waals surface area (Å²) in [6.07, 6.45) is 0.961. The van der Waals surface area contributed by atoms with E-state index in [1.54, 1.807) is 0 Å². The van der Waals surface area contributed by atoms with Crippen LogP contribution in [0.2, 0.25) is 0 Å². The van der Waals surface area contributed by atoms with Crippen molar-refractivity contribution < 1.29 is 4.79 Å². The molecular weight excluding hydrogens is 174 g/mol. The fourth-order valence-electron chi connectivity index (χ4n) is 2.05. The molecule has 2 heteroatoms. The van der Waals surface area contributed by atoms with Crippen LogP contribution in [0.25, 0.3) is 0 Å². The Morgan fingerprint density at radius 3 is 1.93 bits per heavy atom. The van der Waals surface area contributed by atoms with Gasteiger partial charge < -0.3 is 4.90 Å². The smallest absolute Gasteiger partial charge is 0.228 e. The molecule has 0 aliphatic heterocycles. The van der Waals surface area contributed by atoms with Gasteiger partial charge in [0.2, 0.25) is 5.91 Å². The third kappa shape index (κ3) is 3.69. The minimum absolute atomic E-state index is 0.208. The summed E-state index contributed by atoms with van der Waals surface area (Å²) in [7, 11) is 0. The van der Waals surface area contributed by atoms with Crippen molar-refractivity contribution in [2.24, 2.45) is 11.3 Å². The summed E-state index contributed by atoms with van der Waals surface area (Å²) in [5.41, 5.74) is -0.208. The number of carbonyl (C=O) groups is 1. The first-order valence-electron chi connectivity index (χ1n) is 5.64. The number of hydrogen-bond donors (Lipinski definition) is 0. The molecule has 84 valence electrons. The van der Waals surface area contributed by atoms with Crippen LogP contribution in [0.15, 0.2) is 0 Å². The highest BCUT2D eigenvalue weighted by Crippen LogP contribution is 2.27. The second-order valence-electron chi connectivity index (χ2n) is 4.96. The summed E-state index contributed by atoms with van der Waals surface area (Å²) in [6.45, 7) is 14.1. The second kappa shape index (κ2) is 5.38. The predicted octanol–water partition coefficient (Wildman–Crippen LogP) is 2.93. The highest BCUT2D eigenvalue weighted by Gasteiger charge is 2.31. The Bertz CT molecular complexity index is 181. The van der Waals surface area contributed by atoms with Crippen LogP contribution in [0.1, 0.15) is 48.0 Å². The summed E-state index contributed by atoms with van der Waals surface area (Å²) in [5, 5.41) is 0. The molecule has 0 radical (unpaired) electrons. The maximum Gasteiger partial charge on any atom is 0.228 e. The predicted molar refractivity (Wildman–Crippen MR) is 61.2 cm³/mol. The van der Waals surface area contributed by atoms with E-state index in [9.17, 15) is 4.79 Å². The van der Waals surface area contributed by atoms with Gasteiger partial charge in [0.1, 0.15) is 0 Å². The van der Waals surface area contributed by atoms with Crippen LogP contribution < -0.4 is 0 Å². The molecule has 0 atom stereocenters. The van der Waals surface area contributed by atoms with E-state index in [4.69, 9.17) is 0 Å². The number of carbonyl (C=O) groups excluding carboxylic acids is 1. The maximum absolute atomic E-state index is 12.1. The van der Waals surface area contributed by atoms with E-state index in [0.29, 0.717) is 5.92 Å². The minimum Gasteiger partial charge on any atom is -0.343 e. The molecule has 0 saturated heterocycles. The van der Waals surface area contributed by atoms with Crippen LogP contribution in [-0.2, 0) is 4.79 Å². The Morgan fingerprint density at radius 2 is 1.64 bits per heavy atom. The van der Waals surface area contributed by atoms with Crippen molar-refractivity contribution in [1.82, 2.24) is 4.90 Å². The Labute approximate surface area is 88.7 Å². The molecule has 0 rings (SSSR count). The van der Waals surface area contributed by atoms with Gasteiger partial charge in [-0.1, -0.05) is 27.7 Å². The molecule has 0 heterocycles. The van der Waals surface area contributed by atoms with E-state index in [0.717, 1.165) is 19.5 Å². The van der Waals surface area contributed by atoms with E-state index in [2.05, 4.69) is 13.8 Å². The van der Waals surface area contributed by atoms with Gasteiger partial charge in [0.05, 0.1) is 0 Å². The molecule has 0 saturated carbocycles. The lowest BCUT2D eigenvalue weighted by molar-refractivity contribution is -0.140. The second-order valence-corrected chi connectivity index (χ2v) is 4.96. The molecule has 0 fully saturated rings. The first kappa shape index (κ1) is 13.5. The monoisotopic (exact) mass is 199 g/mol. The molecule has 0 spiro atoms. The van der Waals surface area contributed by atoms with Crippen molar-refractivity contribution >= 4 is 5.91 Å². The van der Waals surface area contributed by atoms with Crippen LogP contribution in [0.5, 0.6) is 0 Å². The lowest BCUT2D eigenvalue weighted by atomic mass is 9.82. The normalized spacial score (nSPS) is 11.9. The quantitative estimate of drug-likeness (QED) is 0.666. The molecule has 0 aromatic carbocycles. The molecule has 0 aromatic rings. The fourth-order valence-corrected chi connectivity index (χ4v) is 2.05. The van der Waals surface area contributed by atoms with Crippen LogP contribution in [0.4, 0.5) is 0 Å². The van der Waals surface area contributed by atoms with Crippen LogP contribution in [0, 0.1) is 11.3 Å². The molecular formula is C12H25NO. The Hall–Kier alpha value is -0.530. The zero-order valence-corrected chi connectivity index (χ0v) is 10.6. The standard InChI is InChI=1S/C12H25NO/c1-7-13(8-2)11(14)12(5,6)9-10(3)4/h10H,7-9H2,1-6H3. The fraction of sp³-hybridized carbons (Fsp3) is 0.917. The van der Waals surface area contributed by atoms with Gasteiger partial charge in [0, 0.05) is 18.5 Å². The number of rotatable bonds is 5. The molecule has 0 N–H and O–H groups in total. The van der Waals surface area contributed by atoms with Crippen molar-refractivity contribution in [3.8, 4) is 0 Å². The molecule has 0 aliphatic carbocycles. The van der Waals surface area contributed by atoms with Gasteiger partial charge in [-0.3, -0.25) is 4.79 Å². The first-order chi connectivity index (χ1) is 6.35. The van der Waals surface area contributed by atoms with Gasteiger partial charge in [0.15, 0.2) is 0 Å². The molecule has 0 bridgehead atoms. The van der Waals surface area contributed by atoms with E-state index in [-0.39, 0.29) is 11.3 Å². The zero-order valence-electron chi connectivity index (χ0n) is 10.6. The first-order valence-corrected chi connectivity index (χ1v) is 5.64. The topological polar surface area (TPSA) is 20.3 Å². The van der Waals surface area contributed by atoms with Crippen LogP contribution in [-0.4, -0.2) is 23.9 Å². The summed E-state index contributed by atoms with van der Waals surface area (Å²) in [4.78, 5) is 14.0. The van der Waals surface area contributed by atoms with E-state index < -0.39 is 0 Å². The largest absolute Gasteiger partial charge is 0.343 e. The number of hydrogen-bond acceptors (Lipinski definition) is 1. The summed E-state index contributed by atoms with van der Waals surface area (Å²) < 4.78 is 0. The van der Waals surface area contributed by atoms with E-state index in [1.807, 2.05) is 32.6 Å². The Morgan fingerprint density at radius 1 is 1.21 bits per heavy atom. The Balaban J connectivity index is 4.47. The SMILES string of the molecule is CCN(CC)C(=O)C(C)(C)CC(C)C. The van der Waals surface area contributed by atoms with E-state index >= 15 is 0 Å². The van der Waals surface area contributed by atoms with Gasteiger partial charge in [-0.2, -0.15) is 0 Å². The van der Waals surface area contributed by atoms with Crippen molar-refractivity contribution in [3.05, 3.63) is 0 Å². The van der Waals surface area contributed by atoms with Gasteiger partial charge in [-0.05, 0) is 26.2 Å².